The van der Waals surface area contributed by atoms with E-state index < -0.39 is 17.8 Å². The van der Waals surface area contributed by atoms with Gasteiger partial charge in [-0.3, -0.25) is 4.79 Å². The Morgan fingerprint density at radius 3 is 2.17 bits per heavy atom. The normalized spacial score (nSPS) is 10.2. The number of benzene rings is 2. The summed E-state index contributed by atoms with van der Waals surface area (Å²) in [6.07, 6.45) is 0. The first-order valence-electron chi connectivity index (χ1n) is 6.79. The van der Waals surface area contributed by atoms with Crippen molar-refractivity contribution in [2.45, 2.75) is 13.8 Å². The van der Waals surface area contributed by atoms with Gasteiger partial charge in [-0.15, -0.1) is 0 Å². The molecule has 2 aromatic carbocycles. The molecule has 3 N–H and O–H groups in total. The number of rotatable bonds is 4. The largest absolute Gasteiger partial charge is 0.478 e. The highest BCUT2D eigenvalue weighted by atomic mass is 16.4. The molecule has 1 amide bonds. The van der Waals surface area contributed by atoms with Crippen molar-refractivity contribution in [1.29, 1.82) is 0 Å². The molecular weight excluding hydrogens is 298 g/mol. The summed E-state index contributed by atoms with van der Waals surface area (Å²) < 4.78 is 0. The molecule has 6 nitrogen and oxygen atoms in total. The number of hydrogen-bond acceptors (Lipinski definition) is 3. The molecule has 0 heterocycles. The highest BCUT2D eigenvalue weighted by Gasteiger charge is 2.19. The van der Waals surface area contributed by atoms with Gasteiger partial charge in [-0.2, -0.15) is 0 Å². The fourth-order valence-electron chi connectivity index (χ4n) is 2.11. The standard InChI is InChI=1S/C17H15NO5/c1-9-3-4-10(2)14(7-9)18-15(19)12-6-5-11(16(20)21)8-13(12)17(22)23/h3-8H,1-2H3,(H,18,19)(H,20,21)(H,22,23). The lowest BCUT2D eigenvalue weighted by atomic mass is 10.0. The van der Waals surface area contributed by atoms with Crippen LogP contribution in [0.1, 0.15) is 42.2 Å². The number of hydrogen-bond donors (Lipinski definition) is 3. The Balaban J connectivity index is 2.41. The van der Waals surface area contributed by atoms with E-state index in [1.54, 1.807) is 6.07 Å². The Morgan fingerprint density at radius 2 is 1.57 bits per heavy atom. The molecule has 0 bridgehead atoms. The van der Waals surface area contributed by atoms with Crippen molar-refractivity contribution in [3.05, 3.63) is 64.2 Å². The molecule has 0 fully saturated rings. The molecule has 0 aliphatic heterocycles. The predicted molar refractivity (Wildman–Crippen MR) is 84.2 cm³/mol. The van der Waals surface area contributed by atoms with Crippen LogP contribution in [0.15, 0.2) is 36.4 Å². The van der Waals surface area contributed by atoms with Crippen molar-refractivity contribution in [2.75, 3.05) is 5.32 Å². The van der Waals surface area contributed by atoms with Crippen LogP contribution in [0.25, 0.3) is 0 Å². The Morgan fingerprint density at radius 1 is 0.870 bits per heavy atom. The average molecular weight is 313 g/mol. The topological polar surface area (TPSA) is 104 Å². The number of nitrogens with one attached hydrogen (secondary N) is 1. The molecule has 0 aliphatic rings. The number of carbonyl (C=O) groups excluding carboxylic acids is 1. The zero-order valence-electron chi connectivity index (χ0n) is 12.6. The van der Waals surface area contributed by atoms with Gasteiger partial charge in [-0.25, -0.2) is 9.59 Å². The lowest BCUT2D eigenvalue weighted by Crippen LogP contribution is -2.18. The van der Waals surface area contributed by atoms with Crippen LogP contribution in [0.4, 0.5) is 5.69 Å². The zero-order valence-corrected chi connectivity index (χ0v) is 12.6. The highest BCUT2D eigenvalue weighted by Crippen LogP contribution is 2.19. The average Bonchev–Trinajstić information content (AvgIpc) is 2.50. The lowest BCUT2D eigenvalue weighted by molar-refractivity contribution is 0.0692. The molecule has 0 aromatic heterocycles. The second-order valence-electron chi connectivity index (χ2n) is 5.14. The van der Waals surface area contributed by atoms with E-state index in [0.717, 1.165) is 17.2 Å². The molecule has 0 aliphatic carbocycles. The van der Waals surface area contributed by atoms with E-state index in [0.29, 0.717) is 5.69 Å². The van der Waals surface area contributed by atoms with Crippen LogP contribution in [0.2, 0.25) is 0 Å². The molecule has 23 heavy (non-hydrogen) atoms. The van der Waals surface area contributed by atoms with E-state index in [1.807, 2.05) is 26.0 Å². The molecule has 0 spiro atoms. The van der Waals surface area contributed by atoms with Crippen molar-refractivity contribution in [2.24, 2.45) is 0 Å². The van der Waals surface area contributed by atoms with Crippen molar-refractivity contribution in [3.8, 4) is 0 Å². The fourth-order valence-corrected chi connectivity index (χ4v) is 2.11. The van der Waals surface area contributed by atoms with Crippen LogP contribution in [0.5, 0.6) is 0 Å². The zero-order chi connectivity index (χ0) is 17.1. The van der Waals surface area contributed by atoms with E-state index in [1.165, 1.54) is 12.1 Å². The Bertz CT molecular complexity index is 811. The Labute approximate surface area is 132 Å². The van der Waals surface area contributed by atoms with Gasteiger partial charge in [0.1, 0.15) is 0 Å². The molecule has 118 valence electrons. The van der Waals surface area contributed by atoms with Gasteiger partial charge in [-0.1, -0.05) is 12.1 Å². The van der Waals surface area contributed by atoms with Crippen LogP contribution in [0.3, 0.4) is 0 Å². The second kappa shape index (κ2) is 6.31. The van der Waals surface area contributed by atoms with Crippen molar-refractivity contribution < 1.29 is 24.6 Å². The predicted octanol–water partition coefficient (Wildman–Crippen LogP) is 2.95. The maximum atomic E-state index is 12.4. The molecule has 6 heteroatoms. The summed E-state index contributed by atoms with van der Waals surface area (Å²) in [5.41, 5.74) is 1.73. The van der Waals surface area contributed by atoms with E-state index in [2.05, 4.69) is 5.32 Å². The minimum atomic E-state index is -1.36. The van der Waals surface area contributed by atoms with E-state index in [9.17, 15) is 19.5 Å². The van der Waals surface area contributed by atoms with Gasteiger partial charge in [-0.05, 0) is 49.2 Å². The third-order valence-electron chi connectivity index (χ3n) is 3.38. The van der Waals surface area contributed by atoms with Crippen LogP contribution in [-0.4, -0.2) is 28.1 Å². The van der Waals surface area contributed by atoms with Gasteiger partial charge in [0.15, 0.2) is 0 Å². The number of carboxylic acid groups (broad SMARTS) is 2. The third kappa shape index (κ3) is 3.55. The van der Waals surface area contributed by atoms with Crippen LogP contribution < -0.4 is 5.32 Å². The number of aryl methyl sites for hydroxylation is 2. The van der Waals surface area contributed by atoms with Crippen molar-refractivity contribution in [1.82, 2.24) is 0 Å². The molecule has 0 saturated carbocycles. The molecule has 2 aromatic rings. The summed E-state index contributed by atoms with van der Waals surface area (Å²) in [5.74, 6) is -3.22. The molecular formula is C17H15NO5. The first-order chi connectivity index (χ1) is 10.8. The summed E-state index contributed by atoms with van der Waals surface area (Å²) in [7, 11) is 0. The summed E-state index contributed by atoms with van der Waals surface area (Å²) >= 11 is 0. The lowest BCUT2D eigenvalue weighted by Gasteiger charge is -2.11. The number of anilines is 1. The van der Waals surface area contributed by atoms with E-state index >= 15 is 0 Å². The molecule has 0 unspecified atom stereocenters. The summed E-state index contributed by atoms with van der Waals surface area (Å²) in [6, 6.07) is 8.90. The maximum absolute atomic E-state index is 12.4. The molecule has 0 atom stereocenters. The Kier molecular flexibility index (Phi) is 4.45. The molecule has 2 rings (SSSR count). The van der Waals surface area contributed by atoms with Crippen LogP contribution in [0, 0.1) is 13.8 Å². The van der Waals surface area contributed by atoms with Crippen LogP contribution >= 0.6 is 0 Å². The Hall–Kier alpha value is -3.15. The van der Waals surface area contributed by atoms with Gasteiger partial charge in [0.25, 0.3) is 5.91 Å². The van der Waals surface area contributed by atoms with Gasteiger partial charge in [0, 0.05) is 5.69 Å². The first kappa shape index (κ1) is 16.2. The summed E-state index contributed by atoms with van der Waals surface area (Å²) in [6.45, 7) is 3.69. The first-order valence-corrected chi connectivity index (χ1v) is 6.79. The number of carboxylic acids is 2. The molecule has 0 radical (unpaired) electrons. The quantitative estimate of drug-likeness (QED) is 0.805. The number of amides is 1. The number of aromatic carboxylic acids is 2. The SMILES string of the molecule is Cc1ccc(C)c(NC(=O)c2ccc(C(=O)O)cc2C(=O)O)c1. The van der Waals surface area contributed by atoms with Gasteiger partial charge >= 0.3 is 11.9 Å². The maximum Gasteiger partial charge on any atom is 0.336 e. The van der Waals surface area contributed by atoms with Gasteiger partial charge in [0.2, 0.25) is 0 Å². The minimum Gasteiger partial charge on any atom is -0.478 e. The minimum absolute atomic E-state index is 0.0941. The van der Waals surface area contributed by atoms with Crippen LogP contribution in [-0.2, 0) is 0 Å². The second-order valence-corrected chi connectivity index (χ2v) is 5.14. The smallest absolute Gasteiger partial charge is 0.336 e. The monoisotopic (exact) mass is 313 g/mol. The van der Waals surface area contributed by atoms with Gasteiger partial charge < -0.3 is 15.5 Å². The fraction of sp³-hybridized carbons (Fsp3) is 0.118. The third-order valence-corrected chi connectivity index (χ3v) is 3.38. The van der Waals surface area contributed by atoms with E-state index in [-0.39, 0.29) is 16.7 Å². The molecule has 0 saturated heterocycles. The van der Waals surface area contributed by atoms with Crippen molar-refractivity contribution in [3.63, 3.8) is 0 Å². The number of carbonyl (C=O) groups is 3. The van der Waals surface area contributed by atoms with E-state index in [4.69, 9.17) is 5.11 Å². The summed E-state index contributed by atoms with van der Waals surface area (Å²) in [4.78, 5) is 34.6. The summed E-state index contributed by atoms with van der Waals surface area (Å²) in [5, 5.41) is 20.8. The highest BCUT2D eigenvalue weighted by molar-refractivity contribution is 6.11. The van der Waals surface area contributed by atoms with Gasteiger partial charge in [0.05, 0.1) is 16.7 Å². The van der Waals surface area contributed by atoms with Crippen molar-refractivity contribution >= 4 is 23.5 Å².